The third-order valence-electron chi connectivity index (χ3n) is 6.56. The van der Waals surface area contributed by atoms with E-state index in [4.69, 9.17) is 0 Å². The van der Waals surface area contributed by atoms with Gasteiger partial charge >= 0.3 is 0 Å². The highest BCUT2D eigenvalue weighted by Crippen LogP contribution is 2.24. The van der Waals surface area contributed by atoms with Gasteiger partial charge in [-0.3, -0.25) is 24.9 Å². The molecule has 5 nitrogen and oxygen atoms in total. The normalized spacial score (nSPS) is 9.98. The molecule has 0 aliphatic heterocycles. The van der Waals surface area contributed by atoms with E-state index in [1.54, 1.807) is 12.4 Å². The molecular weight excluding hydrogens is 526 g/mol. The van der Waals surface area contributed by atoms with Crippen molar-refractivity contribution in [3.8, 4) is 0 Å². The van der Waals surface area contributed by atoms with Crippen molar-refractivity contribution in [2.45, 2.75) is 34.6 Å². The molecule has 0 aliphatic carbocycles. The fraction of sp³-hybridized carbons (Fsp3) is 0.132. The molecule has 0 spiro atoms. The quantitative estimate of drug-likeness (QED) is 0.172. The summed E-state index contributed by atoms with van der Waals surface area (Å²) < 4.78 is 0. The second kappa shape index (κ2) is 15.6. The number of rotatable bonds is 0. The minimum Gasteiger partial charge on any atom is -0.264 e. The molecule has 43 heavy (non-hydrogen) atoms. The van der Waals surface area contributed by atoms with Gasteiger partial charge in [0.1, 0.15) is 0 Å². The highest BCUT2D eigenvalue weighted by atomic mass is 14.7. The molecule has 8 rings (SSSR count). The summed E-state index contributed by atoms with van der Waals surface area (Å²) in [6, 6.07) is 32.6. The number of hydrogen-bond donors (Lipinski definition) is 0. The number of fused-ring (bicyclic) bond motifs is 7. The third kappa shape index (κ3) is 7.32. The molecule has 5 aromatic heterocycles. The molecule has 0 aliphatic rings. The molecule has 0 bridgehead atoms. The van der Waals surface area contributed by atoms with Crippen LogP contribution in [0.2, 0.25) is 0 Å². The first-order valence-electron chi connectivity index (χ1n) is 14.7. The van der Waals surface area contributed by atoms with Gasteiger partial charge in [-0.15, -0.1) is 0 Å². The molecule has 8 aromatic rings. The molecular formula is C38H37N5. The van der Waals surface area contributed by atoms with E-state index < -0.39 is 0 Å². The van der Waals surface area contributed by atoms with Gasteiger partial charge in [-0.1, -0.05) is 88.4 Å². The first-order chi connectivity index (χ1) is 21.3. The van der Waals surface area contributed by atoms with E-state index in [0.717, 1.165) is 38.2 Å². The molecule has 0 radical (unpaired) electrons. The van der Waals surface area contributed by atoms with Gasteiger partial charge in [0, 0.05) is 58.7 Å². The second-order valence-electron chi connectivity index (χ2n) is 9.11. The molecule has 0 fully saturated rings. The van der Waals surface area contributed by atoms with Gasteiger partial charge in [-0.05, 0) is 59.7 Å². The Morgan fingerprint density at radius 3 is 1.44 bits per heavy atom. The Morgan fingerprint density at radius 2 is 0.860 bits per heavy atom. The molecule has 0 N–H and O–H groups in total. The Kier molecular flexibility index (Phi) is 11.2. The lowest BCUT2D eigenvalue weighted by atomic mass is 10.1. The van der Waals surface area contributed by atoms with Crippen molar-refractivity contribution in [1.82, 2.24) is 24.9 Å². The van der Waals surface area contributed by atoms with E-state index in [0.29, 0.717) is 0 Å². The van der Waals surface area contributed by atoms with E-state index in [9.17, 15) is 0 Å². The predicted octanol–water partition coefficient (Wildman–Crippen LogP) is 10.2. The zero-order chi connectivity index (χ0) is 30.4. The zero-order valence-electron chi connectivity index (χ0n) is 25.4. The van der Waals surface area contributed by atoms with Gasteiger partial charge in [0.25, 0.3) is 0 Å². The number of hydrogen-bond acceptors (Lipinski definition) is 5. The van der Waals surface area contributed by atoms with Crippen molar-refractivity contribution in [3.63, 3.8) is 0 Å². The lowest BCUT2D eigenvalue weighted by Gasteiger charge is -2.04. The van der Waals surface area contributed by atoms with Crippen LogP contribution < -0.4 is 0 Å². The number of nitrogens with zero attached hydrogens (tertiary/aromatic N) is 5. The number of aromatic nitrogens is 5. The Balaban J connectivity index is 0.000000142. The topological polar surface area (TPSA) is 64.5 Å². The van der Waals surface area contributed by atoms with Crippen LogP contribution in [0, 0.1) is 6.92 Å². The van der Waals surface area contributed by atoms with Gasteiger partial charge in [-0.25, -0.2) is 0 Å². The zero-order valence-corrected chi connectivity index (χ0v) is 25.4. The predicted molar refractivity (Wildman–Crippen MR) is 183 cm³/mol. The van der Waals surface area contributed by atoms with E-state index >= 15 is 0 Å². The van der Waals surface area contributed by atoms with Crippen molar-refractivity contribution >= 4 is 54.4 Å². The van der Waals surface area contributed by atoms with Crippen LogP contribution in [0.25, 0.3) is 54.4 Å². The van der Waals surface area contributed by atoms with Crippen LogP contribution in [0.4, 0.5) is 0 Å². The molecule has 5 heteroatoms. The molecule has 5 heterocycles. The van der Waals surface area contributed by atoms with Crippen LogP contribution in [0.5, 0.6) is 0 Å². The Labute approximate surface area is 253 Å². The van der Waals surface area contributed by atoms with Gasteiger partial charge in [0.2, 0.25) is 0 Å². The molecule has 3 aromatic carbocycles. The largest absolute Gasteiger partial charge is 0.264 e. The average Bonchev–Trinajstić information content (AvgIpc) is 3.11. The minimum absolute atomic E-state index is 0.977. The monoisotopic (exact) mass is 563 g/mol. The maximum absolute atomic E-state index is 4.41. The van der Waals surface area contributed by atoms with Crippen molar-refractivity contribution < 1.29 is 0 Å². The van der Waals surface area contributed by atoms with Crippen molar-refractivity contribution in [2.75, 3.05) is 0 Å². The third-order valence-corrected chi connectivity index (χ3v) is 6.56. The Morgan fingerprint density at radius 1 is 0.395 bits per heavy atom. The Hall–Kier alpha value is -5.29. The summed E-state index contributed by atoms with van der Waals surface area (Å²) in [6.07, 6.45) is 10.9. The number of aryl methyl sites for hydroxylation is 1. The molecule has 0 atom stereocenters. The SMILES string of the molecule is CC.CC.Cc1cc2cccnc2c2ncccc12.c1ccc2cnccc2c1.c1cnc2c(c1)ccc1cccnc12. The first-order valence-corrected chi connectivity index (χ1v) is 14.7. The van der Waals surface area contributed by atoms with Crippen LogP contribution in [0.3, 0.4) is 0 Å². The van der Waals surface area contributed by atoms with Crippen molar-refractivity contribution in [3.05, 3.63) is 140 Å². The fourth-order valence-corrected chi connectivity index (χ4v) is 4.66. The van der Waals surface area contributed by atoms with Gasteiger partial charge < -0.3 is 0 Å². The summed E-state index contributed by atoms with van der Waals surface area (Å²) in [4.78, 5) is 21.5. The van der Waals surface area contributed by atoms with E-state index in [2.05, 4.69) is 86.4 Å². The minimum atomic E-state index is 0.977. The van der Waals surface area contributed by atoms with Gasteiger partial charge in [0.15, 0.2) is 0 Å². The maximum Gasteiger partial charge on any atom is 0.0967 e. The van der Waals surface area contributed by atoms with Gasteiger partial charge in [0.05, 0.1) is 22.1 Å². The first kappa shape index (κ1) is 30.7. The Bertz CT molecular complexity index is 1930. The van der Waals surface area contributed by atoms with Crippen molar-refractivity contribution in [2.24, 2.45) is 0 Å². The molecule has 0 saturated heterocycles. The summed E-state index contributed by atoms with van der Waals surface area (Å²) in [6.45, 7) is 10.1. The van der Waals surface area contributed by atoms with Crippen LogP contribution in [0.1, 0.15) is 33.3 Å². The smallest absolute Gasteiger partial charge is 0.0967 e. The maximum atomic E-state index is 4.41. The van der Waals surface area contributed by atoms with Crippen LogP contribution in [-0.4, -0.2) is 24.9 Å². The lowest BCUT2D eigenvalue weighted by Crippen LogP contribution is -1.86. The van der Waals surface area contributed by atoms with E-state index in [-0.39, 0.29) is 0 Å². The summed E-state index contributed by atoms with van der Waals surface area (Å²) in [5.41, 5.74) is 5.18. The van der Waals surface area contributed by atoms with Gasteiger partial charge in [-0.2, -0.15) is 0 Å². The molecule has 0 unspecified atom stereocenters. The lowest BCUT2D eigenvalue weighted by molar-refractivity contribution is 1.36. The summed E-state index contributed by atoms with van der Waals surface area (Å²) in [5.74, 6) is 0. The number of benzene rings is 3. The standard InChI is InChI=1S/C13H10N2.C12H8N2.C9H7N.2C2H6/c1-9-8-10-4-2-6-14-12(10)13-11(9)5-3-7-15-13;1-3-9-5-6-10-4-2-8-14-12(10)11(9)13-7-1;1-2-4-9-7-10-6-5-8(9)3-1;2*1-2/h2-8H,1H3;1-8H;1-7H;2*1-2H3. The average molecular weight is 564 g/mol. The summed E-state index contributed by atoms with van der Waals surface area (Å²) in [7, 11) is 0. The van der Waals surface area contributed by atoms with E-state index in [1.807, 2.05) is 94.9 Å². The summed E-state index contributed by atoms with van der Waals surface area (Å²) >= 11 is 0. The van der Waals surface area contributed by atoms with E-state index in [1.165, 1.54) is 21.7 Å². The highest BCUT2D eigenvalue weighted by Gasteiger charge is 2.04. The number of pyridine rings is 5. The van der Waals surface area contributed by atoms with Crippen LogP contribution >= 0.6 is 0 Å². The van der Waals surface area contributed by atoms with Crippen molar-refractivity contribution in [1.29, 1.82) is 0 Å². The highest BCUT2D eigenvalue weighted by molar-refractivity contribution is 6.04. The molecule has 214 valence electrons. The fourth-order valence-electron chi connectivity index (χ4n) is 4.66. The second-order valence-corrected chi connectivity index (χ2v) is 9.11. The molecule has 0 amide bonds. The van der Waals surface area contributed by atoms with Crippen LogP contribution in [0.15, 0.2) is 134 Å². The molecule has 0 saturated carbocycles. The summed E-state index contributed by atoms with van der Waals surface area (Å²) in [5, 5.41) is 7.06. The van der Waals surface area contributed by atoms with Crippen LogP contribution in [-0.2, 0) is 0 Å².